The Bertz CT molecular complexity index is 623. The van der Waals surface area contributed by atoms with Crippen LogP contribution in [-0.4, -0.2) is 13.2 Å². The van der Waals surface area contributed by atoms with E-state index in [-0.39, 0.29) is 5.82 Å². The van der Waals surface area contributed by atoms with Crippen molar-refractivity contribution in [2.24, 2.45) is 0 Å². The summed E-state index contributed by atoms with van der Waals surface area (Å²) in [6.07, 6.45) is 2.00. The van der Waals surface area contributed by atoms with Gasteiger partial charge in [0.1, 0.15) is 11.6 Å². The molecule has 0 unspecified atom stereocenters. The predicted octanol–water partition coefficient (Wildman–Crippen LogP) is 4.85. The highest BCUT2D eigenvalue weighted by molar-refractivity contribution is 6.30. The fraction of sp³-hybridized carbons (Fsp3) is 0.294. The summed E-state index contributed by atoms with van der Waals surface area (Å²) in [6, 6.07) is 13.0. The van der Waals surface area contributed by atoms with Gasteiger partial charge in [0.15, 0.2) is 0 Å². The molecule has 0 aromatic heterocycles. The van der Waals surface area contributed by atoms with Gasteiger partial charge < -0.3 is 10.1 Å². The maximum absolute atomic E-state index is 13.8. The van der Waals surface area contributed by atoms with Gasteiger partial charge in [-0.05, 0) is 48.6 Å². The van der Waals surface area contributed by atoms with Gasteiger partial charge in [-0.2, -0.15) is 0 Å². The lowest BCUT2D eigenvalue weighted by Gasteiger charge is -2.37. The Kier molecular flexibility index (Phi) is 4.02. The molecule has 1 aliphatic rings. The van der Waals surface area contributed by atoms with Crippen molar-refractivity contribution in [1.29, 1.82) is 0 Å². The number of rotatable bonds is 4. The zero-order chi connectivity index (χ0) is 14.8. The third kappa shape index (κ3) is 3.13. The van der Waals surface area contributed by atoms with Crippen molar-refractivity contribution in [2.75, 3.05) is 12.4 Å². The molecular formula is C17H17ClFNO. The second-order valence-electron chi connectivity index (χ2n) is 5.41. The zero-order valence-electron chi connectivity index (χ0n) is 11.8. The van der Waals surface area contributed by atoms with Crippen molar-refractivity contribution in [3.05, 3.63) is 58.9 Å². The lowest BCUT2D eigenvalue weighted by atomic mass is 9.76. The van der Waals surface area contributed by atoms with E-state index in [2.05, 4.69) is 17.4 Å². The Morgan fingerprint density at radius 3 is 2.52 bits per heavy atom. The first-order valence-electron chi connectivity index (χ1n) is 7.01. The van der Waals surface area contributed by atoms with E-state index in [1.807, 2.05) is 12.1 Å². The predicted molar refractivity (Wildman–Crippen MR) is 83.8 cm³/mol. The number of anilines is 1. The Morgan fingerprint density at radius 1 is 1.14 bits per heavy atom. The third-order valence-corrected chi connectivity index (χ3v) is 4.26. The number of methoxy groups -OCH3 is 1. The molecule has 2 aromatic rings. The van der Waals surface area contributed by atoms with E-state index in [9.17, 15) is 4.39 Å². The summed E-state index contributed by atoms with van der Waals surface area (Å²) in [6.45, 7) is 0. The highest BCUT2D eigenvalue weighted by atomic mass is 35.5. The normalized spacial score (nSPS) is 20.7. The summed E-state index contributed by atoms with van der Waals surface area (Å²) in [4.78, 5) is 0. The topological polar surface area (TPSA) is 21.3 Å². The van der Waals surface area contributed by atoms with Crippen LogP contribution < -0.4 is 10.1 Å². The van der Waals surface area contributed by atoms with Crippen molar-refractivity contribution in [3.8, 4) is 5.75 Å². The molecule has 1 aliphatic carbocycles. The maximum Gasteiger partial charge on any atom is 0.146 e. The molecule has 1 saturated carbocycles. The van der Waals surface area contributed by atoms with Gasteiger partial charge in [-0.1, -0.05) is 23.7 Å². The molecule has 2 nitrogen and oxygen atoms in total. The molecule has 21 heavy (non-hydrogen) atoms. The van der Waals surface area contributed by atoms with Crippen LogP contribution in [0, 0.1) is 5.82 Å². The second-order valence-corrected chi connectivity index (χ2v) is 5.84. The molecule has 0 aliphatic heterocycles. The molecule has 0 atom stereocenters. The second kappa shape index (κ2) is 5.94. The lowest BCUT2D eigenvalue weighted by molar-refractivity contribution is 0.372. The van der Waals surface area contributed by atoms with Gasteiger partial charge in [-0.3, -0.25) is 0 Å². The summed E-state index contributed by atoms with van der Waals surface area (Å²) < 4.78 is 18.9. The van der Waals surface area contributed by atoms with Gasteiger partial charge in [-0.25, -0.2) is 4.39 Å². The highest BCUT2D eigenvalue weighted by Gasteiger charge is 2.30. The van der Waals surface area contributed by atoms with Crippen LogP contribution in [0.3, 0.4) is 0 Å². The molecule has 110 valence electrons. The lowest BCUT2D eigenvalue weighted by Crippen LogP contribution is -2.34. The van der Waals surface area contributed by atoms with E-state index in [1.165, 1.54) is 11.6 Å². The van der Waals surface area contributed by atoms with Gasteiger partial charge in [0.2, 0.25) is 0 Å². The molecule has 0 saturated heterocycles. The summed E-state index contributed by atoms with van der Waals surface area (Å²) in [5, 5.41) is 4.01. The summed E-state index contributed by atoms with van der Waals surface area (Å²) in [7, 11) is 1.58. The molecular weight excluding hydrogens is 289 g/mol. The summed E-state index contributed by atoms with van der Waals surface area (Å²) >= 11 is 5.89. The van der Waals surface area contributed by atoms with E-state index < -0.39 is 0 Å². The van der Waals surface area contributed by atoms with Crippen molar-refractivity contribution < 1.29 is 9.13 Å². The molecule has 2 aromatic carbocycles. The third-order valence-electron chi connectivity index (χ3n) is 4.01. The van der Waals surface area contributed by atoms with Crippen LogP contribution in [0.25, 0.3) is 0 Å². The van der Waals surface area contributed by atoms with E-state index in [1.54, 1.807) is 19.2 Å². The fourth-order valence-electron chi connectivity index (χ4n) is 2.70. The van der Waals surface area contributed by atoms with Crippen LogP contribution in [0.5, 0.6) is 5.75 Å². The number of hydrogen-bond donors (Lipinski definition) is 1. The average Bonchev–Trinajstić information content (AvgIpc) is 2.45. The minimum atomic E-state index is -0.245. The zero-order valence-corrected chi connectivity index (χ0v) is 12.5. The molecule has 0 spiro atoms. The number of nitrogens with one attached hydrogen (secondary N) is 1. The quantitative estimate of drug-likeness (QED) is 0.872. The maximum atomic E-state index is 13.8. The van der Waals surface area contributed by atoms with Crippen LogP contribution in [0.4, 0.5) is 10.1 Å². The highest BCUT2D eigenvalue weighted by Crippen LogP contribution is 2.39. The summed E-state index contributed by atoms with van der Waals surface area (Å²) in [5.41, 5.74) is 1.80. The minimum absolute atomic E-state index is 0.245. The van der Waals surface area contributed by atoms with E-state index in [0.29, 0.717) is 23.4 Å². The van der Waals surface area contributed by atoms with Gasteiger partial charge in [0.05, 0.1) is 12.8 Å². The van der Waals surface area contributed by atoms with Gasteiger partial charge >= 0.3 is 0 Å². The molecule has 1 N–H and O–H groups in total. The van der Waals surface area contributed by atoms with Gasteiger partial charge in [0, 0.05) is 17.1 Å². The van der Waals surface area contributed by atoms with E-state index in [4.69, 9.17) is 16.3 Å². The molecule has 0 heterocycles. The molecule has 0 radical (unpaired) electrons. The minimum Gasteiger partial charge on any atom is -0.497 e. The van der Waals surface area contributed by atoms with Gasteiger partial charge in [0.25, 0.3) is 0 Å². The van der Waals surface area contributed by atoms with E-state index in [0.717, 1.165) is 17.9 Å². The summed E-state index contributed by atoms with van der Waals surface area (Å²) in [5.74, 6) is 0.937. The molecule has 0 bridgehead atoms. The Hall–Kier alpha value is -1.74. The Morgan fingerprint density at radius 2 is 1.86 bits per heavy atom. The fourth-order valence-corrected chi connectivity index (χ4v) is 2.83. The SMILES string of the molecule is COc1ccc(F)c(NC2CC(c3ccc(Cl)cc3)C2)c1. The number of hydrogen-bond acceptors (Lipinski definition) is 2. The first-order valence-corrected chi connectivity index (χ1v) is 7.39. The van der Waals surface area contributed by atoms with Crippen LogP contribution in [0.1, 0.15) is 24.3 Å². The standard InChI is InChI=1S/C17H17ClFNO/c1-21-15-6-7-16(19)17(10-15)20-14-8-12(9-14)11-2-4-13(18)5-3-11/h2-7,10,12,14,20H,8-9H2,1H3. The van der Waals surface area contributed by atoms with E-state index >= 15 is 0 Å². The number of halogens is 2. The monoisotopic (exact) mass is 305 g/mol. The van der Waals surface area contributed by atoms with Crippen molar-refractivity contribution in [3.63, 3.8) is 0 Å². The first-order chi connectivity index (χ1) is 10.2. The number of benzene rings is 2. The average molecular weight is 306 g/mol. The molecule has 4 heteroatoms. The largest absolute Gasteiger partial charge is 0.497 e. The Labute approximate surface area is 128 Å². The van der Waals surface area contributed by atoms with Crippen LogP contribution in [-0.2, 0) is 0 Å². The van der Waals surface area contributed by atoms with Crippen LogP contribution in [0.15, 0.2) is 42.5 Å². The van der Waals surface area contributed by atoms with Crippen molar-refractivity contribution in [2.45, 2.75) is 24.8 Å². The molecule has 1 fully saturated rings. The molecule has 3 rings (SSSR count). The Balaban J connectivity index is 1.61. The molecule has 0 amide bonds. The van der Waals surface area contributed by atoms with Crippen molar-refractivity contribution in [1.82, 2.24) is 0 Å². The van der Waals surface area contributed by atoms with Crippen LogP contribution >= 0.6 is 11.6 Å². The van der Waals surface area contributed by atoms with Crippen molar-refractivity contribution >= 4 is 17.3 Å². The number of ether oxygens (including phenoxy) is 1. The first kappa shape index (κ1) is 14.2. The van der Waals surface area contributed by atoms with Crippen LogP contribution in [0.2, 0.25) is 5.02 Å². The van der Waals surface area contributed by atoms with Gasteiger partial charge in [-0.15, -0.1) is 0 Å². The smallest absolute Gasteiger partial charge is 0.146 e.